The van der Waals surface area contributed by atoms with Gasteiger partial charge in [0.05, 0.1) is 11.3 Å². The van der Waals surface area contributed by atoms with Crippen molar-refractivity contribution in [3.63, 3.8) is 0 Å². The molecule has 0 amide bonds. The average molecular weight is 486 g/mol. The van der Waals surface area contributed by atoms with E-state index < -0.39 is 57.7 Å². The molecule has 0 radical (unpaired) electrons. The third-order valence-corrected chi connectivity index (χ3v) is 5.23. The molecule has 13 heteroatoms. The number of alkyl halides is 6. The molecule has 0 unspecified atom stereocenters. The Kier molecular flexibility index (Phi) is 5.18. The van der Waals surface area contributed by atoms with Crippen molar-refractivity contribution < 1.29 is 30.7 Å². The van der Waals surface area contributed by atoms with Crippen LogP contribution in [0.5, 0.6) is 0 Å². The number of nitrogens with zero attached hydrogens (tertiary/aromatic N) is 2. The lowest BCUT2D eigenvalue weighted by Gasteiger charge is -2.38. The van der Waals surface area contributed by atoms with Gasteiger partial charge in [0.15, 0.2) is 0 Å². The summed E-state index contributed by atoms with van der Waals surface area (Å²) in [4.78, 5) is 29.5. The summed E-state index contributed by atoms with van der Waals surface area (Å²) in [5, 5.41) is 2.17. The molecule has 1 aliphatic heterocycles. The lowest BCUT2D eigenvalue weighted by Crippen LogP contribution is -2.59. The summed E-state index contributed by atoms with van der Waals surface area (Å²) in [6.07, 6.45) is -12.4. The summed E-state index contributed by atoms with van der Waals surface area (Å²) in [6.45, 7) is 1.66. The number of halogens is 7. The molecule has 6 nitrogen and oxygen atoms in total. The summed E-state index contributed by atoms with van der Waals surface area (Å²) in [5.74, 6) is -3.48. The maximum Gasteiger partial charge on any atom is 0.427 e. The van der Waals surface area contributed by atoms with Gasteiger partial charge in [-0.1, -0.05) is 29.8 Å². The molecule has 0 bridgehead atoms. The molecule has 2 N–H and O–H groups in total. The second-order valence-electron chi connectivity index (χ2n) is 7.43. The minimum Gasteiger partial charge on any atom is -0.325 e. The van der Waals surface area contributed by atoms with Crippen molar-refractivity contribution in [3.8, 4) is 5.69 Å². The van der Waals surface area contributed by atoms with Crippen LogP contribution in [0.25, 0.3) is 5.69 Å². The predicted molar refractivity (Wildman–Crippen MR) is 108 cm³/mol. The van der Waals surface area contributed by atoms with Gasteiger partial charge < -0.3 is 5.32 Å². The monoisotopic (exact) mass is 486 g/mol. The van der Waals surface area contributed by atoms with Crippen LogP contribution < -0.4 is 16.6 Å². The van der Waals surface area contributed by atoms with Crippen LogP contribution in [0.4, 0.5) is 36.6 Å². The first-order chi connectivity index (χ1) is 15.8. The smallest absolute Gasteiger partial charge is 0.325 e. The van der Waals surface area contributed by atoms with Crippen molar-refractivity contribution in [2.24, 2.45) is 4.99 Å². The van der Waals surface area contributed by atoms with Crippen molar-refractivity contribution in [2.75, 3.05) is 5.32 Å². The quantitative estimate of drug-likeness (QED) is 0.534. The third kappa shape index (κ3) is 3.38. The Labute approximate surface area is 185 Å². The number of aliphatic imine (C=N–C) groups is 1. The summed E-state index contributed by atoms with van der Waals surface area (Å²) in [7, 11) is 0. The van der Waals surface area contributed by atoms with Gasteiger partial charge in [-0.05, 0) is 31.2 Å². The zero-order valence-corrected chi connectivity index (χ0v) is 17.0. The summed E-state index contributed by atoms with van der Waals surface area (Å²) < 4.78 is 100. The SMILES string of the molecule is Cc1ccc(-n2c3c(c(=O)[nH]c2=O)C(C(F)(F)F)(C(F)(F)F)N=C(c2ccccc2F)N3)cc1. The second kappa shape index (κ2) is 7.57. The molecule has 0 saturated heterocycles. The summed E-state index contributed by atoms with van der Waals surface area (Å²) in [5.41, 5.74) is -10.4. The lowest BCUT2D eigenvalue weighted by molar-refractivity contribution is -0.301. The first-order valence-electron chi connectivity index (χ1n) is 9.50. The largest absolute Gasteiger partial charge is 0.427 e. The molecule has 0 fully saturated rings. The standard InChI is InChI=1S/C21H13F7N4O2/c1-10-6-8-11(9-7-10)32-16-14(17(33)30-18(32)34)19(20(23,24)25,21(26,27)28)31-15(29-16)12-4-2-3-5-13(12)22/h2-9H,1H3,(H,29,31)(H,30,33,34). The summed E-state index contributed by atoms with van der Waals surface area (Å²) >= 11 is 0. The number of aromatic nitrogens is 2. The molecule has 1 aliphatic rings. The molecule has 3 aromatic rings. The van der Waals surface area contributed by atoms with Crippen LogP contribution in [0.2, 0.25) is 0 Å². The minimum atomic E-state index is -6.19. The van der Waals surface area contributed by atoms with Gasteiger partial charge in [-0.2, -0.15) is 26.3 Å². The van der Waals surface area contributed by atoms with Crippen molar-refractivity contribution >= 4 is 11.7 Å². The van der Waals surface area contributed by atoms with E-state index in [-0.39, 0.29) is 5.69 Å². The molecular formula is C21H13F7N4O2. The van der Waals surface area contributed by atoms with Gasteiger partial charge in [-0.25, -0.2) is 18.7 Å². The highest BCUT2D eigenvalue weighted by Crippen LogP contribution is 2.55. The molecule has 0 spiro atoms. The number of nitrogens with one attached hydrogen (secondary N) is 2. The highest BCUT2D eigenvalue weighted by Gasteiger charge is 2.75. The van der Waals surface area contributed by atoms with Crippen LogP contribution in [-0.4, -0.2) is 27.7 Å². The summed E-state index contributed by atoms with van der Waals surface area (Å²) in [6, 6.07) is 9.48. The Hall–Kier alpha value is -3.90. The van der Waals surface area contributed by atoms with Crippen LogP contribution in [0.3, 0.4) is 0 Å². The van der Waals surface area contributed by atoms with E-state index in [9.17, 15) is 40.3 Å². The van der Waals surface area contributed by atoms with E-state index in [1.54, 1.807) is 6.92 Å². The lowest BCUT2D eigenvalue weighted by atomic mass is 9.87. The van der Waals surface area contributed by atoms with Crippen LogP contribution in [0.1, 0.15) is 16.7 Å². The van der Waals surface area contributed by atoms with Gasteiger partial charge in [-0.15, -0.1) is 0 Å². The van der Waals surface area contributed by atoms with Crippen LogP contribution in [-0.2, 0) is 5.54 Å². The highest BCUT2D eigenvalue weighted by atomic mass is 19.4. The van der Waals surface area contributed by atoms with Crippen molar-refractivity contribution in [1.82, 2.24) is 9.55 Å². The Balaban J connectivity index is 2.20. The molecule has 4 rings (SSSR count). The van der Waals surface area contributed by atoms with Crippen LogP contribution in [0, 0.1) is 12.7 Å². The topological polar surface area (TPSA) is 79.2 Å². The number of aromatic amines is 1. The Morgan fingerprint density at radius 3 is 2.06 bits per heavy atom. The number of aryl methyl sites for hydroxylation is 1. The van der Waals surface area contributed by atoms with Gasteiger partial charge in [0.1, 0.15) is 23.0 Å². The fraction of sp³-hybridized carbons (Fsp3) is 0.190. The van der Waals surface area contributed by atoms with E-state index in [0.717, 1.165) is 12.1 Å². The number of hydrogen-bond acceptors (Lipinski definition) is 4. The molecule has 34 heavy (non-hydrogen) atoms. The fourth-order valence-electron chi connectivity index (χ4n) is 3.65. The van der Waals surface area contributed by atoms with Gasteiger partial charge in [-0.3, -0.25) is 9.78 Å². The third-order valence-electron chi connectivity index (χ3n) is 5.23. The molecule has 2 aromatic carbocycles. The first kappa shape index (κ1) is 23.3. The Bertz CT molecular complexity index is 1400. The zero-order valence-electron chi connectivity index (χ0n) is 17.0. The predicted octanol–water partition coefficient (Wildman–Crippen LogP) is 4.17. The molecule has 0 saturated carbocycles. The fourth-order valence-corrected chi connectivity index (χ4v) is 3.65. The number of H-pyrrole nitrogens is 1. The molecule has 1 aromatic heterocycles. The van der Waals surface area contributed by atoms with E-state index in [0.29, 0.717) is 10.1 Å². The minimum absolute atomic E-state index is 0.149. The Morgan fingerprint density at radius 1 is 0.912 bits per heavy atom. The number of amidine groups is 1. The molecular weight excluding hydrogens is 473 g/mol. The van der Waals surface area contributed by atoms with Crippen molar-refractivity contribution in [2.45, 2.75) is 24.8 Å². The number of fused-ring (bicyclic) bond motifs is 1. The molecule has 0 aliphatic carbocycles. The molecule has 178 valence electrons. The van der Waals surface area contributed by atoms with Crippen LogP contribution >= 0.6 is 0 Å². The first-order valence-corrected chi connectivity index (χ1v) is 9.50. The van der Waals surface area contributed by atoms with Crippen molar-refractivity contribution in [3.05, 3.63) is 91.9 Å². The maximum atomic E-state index is 14.4. The van der Waals surface area contributed by atoms with Gasteiger partial charge in [0.2, 0.25) is 0 Å². The second-order valence-corrected chi connectivity index (χ2v) is 7.43. The maximum absolute atomic E-state index is 14.4. The highest BCUT2D eigenvalue weighted by molar-refractivity contribution is 6.10. The van der Waals surface area contributed by atoms with E-state index >= 15 is 0 Å². The van der Waals surface area contributed by atoms with Gasteiger partial charge in [0, 0.05) is 0 Å². The van der Waals surface area contributed by atoms with E-state index in [2.05, 4.69) is 10.3 Å². The average Bonchev–Trinajstić information content (AvgIpc) is 2.73. The van der Waals surface area contributed by atoms with E-state index in [1.165, 1.54) is 41.4 Å². The normalized spacial score (nSPS) is 15.4. The van der Waals surface area contributed by atoms with Gasteiger partial charge in [0.25, 0.3) is 11.1 Å². The van der Waals surface area contributed by atoms with E-state index in [4.69, 9.17) is 0 Å². The number of anilines is 1. The zero-order chi connectivity index (χ0) is 25.1. The van der Waals surface area contributed by atoms with Crippen LogP contribution in [0.15, 0.2) is 63.1 Å². The number of benzene rings is 2. The number of hydrogen-bond donors (Lipinski definition) is 2. The number of rotatable bonds is 2. The van der Waals surface area contributed by atoms with Gasteiger partial charge >= 0.3 is 18.0 Å². The van der Waals surface area contributed by atoms with E-state index in [1.807, 2.05) is 0 Å². The molecule has 2 heterocycles. The Morgan fingerprint density at radius 2 is 1.50 bits per heavy atom. The van der Waals surface area contributed by atoms with Crippen molar-refractivity contribution in [1.29, 1.82) is 0 Å². The molecule has 0 atom stereocenters.